The molecule has 1 aliphatic rings. The molecule has 0 radical (unpaired) electrons. The van der Waals surface area contributed by atoms with Gasteiger partial charge in [-0.2, -0.15) is 0 Å². The Kier molecular flexibility index (Phi) is 4.96. The number of aliphatic hydroxyl groups excluding tert-OH is 1. The first kappa shape index (κ1) is 17.0. The number of β-amino-alcohol motifs (C(OH)–C–C–N with tert-alkyl or cyclic N) is 2. The van der Waals surface area contributed by atoms with Gasteiger partial charge in [0.15, 0.2) is 0 Å². The molecular weight excluding hydrogens is 326 g/mol. The third kappa shape index (κ3) is 3.81. The first-order valence-electron chi connectivity index (χ1n) is 7.81. The molecule has 2 atom stereocenters. The molecule has 24 heavy (non-hydrogen) atoms. The van der Waals surface area contributed by atoms with E-state index >= 15 is 0 Å². The molecule has 2 heterocycles. The van der Waals surface area contributed by atoms with E-state index in [4.69, 9.17) is 0 Å². The minimum atomic E-state index is -1.35. The van der Waals surface area contributed by atoms with E-state index in [1.54, 1.807) is 10.9 Å². The lowest BCUT2D eigenvalue weighted by Crippen LogP contribution is -2.51. The number of hydrogen-bond acceptors (Lipinski definition) is 6. The van der Waals surface area contributed by atoms with Gasteiger partial charge in [-0.1, -0.05) is 29.8 Å². The molecule has 0 aliphatic carbocycles. The maximum atomic E-state index is 11.9. The van der Waals surface area contributed by atoms with Crippen LogP contribution in [0.1, 0.15) is 21.6 Å². The summed E-state index contributed by atoms with van der Waals surface area (Å²) in [6.07, 6.45) is -0.904. The van der Waals surface area contributed by atoms with E-state index in [1.165, 1.54) is 16.9 Å². The topological polar surface area (TPSA) is 85.7 Å². The van der Waals surface area contributed by atoms with Crippen LogP contribution in [0, 0.1) is 6.92 Å². The largest absolute Gasteiger partial charge is 0.389 e. The second kappa shape index (κ2) is 6.98. The molecule has 3 rings (SSSR count). The summed E-state index contributed by atoms with van der Waals surface area (Å²) in [6.45, 7) is 3.36. The molecular formula is C17H21N3O3S. The molecule has 0 spiro atoms. The summed E-state index contributed by atoms with van der Waals surface area (Å²) < 4.78 is 0. The number of rotatable bonds is 5. The molecule has 0 saturated carbocycles. The van der Waals surface area contributed by atoms with Gasteiger partial charge in [0.2, 0.25) is 0 Å². The van der Waals surface area contributed by atoms with Crippen molar-refractivity contribution in [2.45, 2.75) is 25.2 Å². The van der Waals surface area contributed by atoms with Gasteiger partial charge in [0.1, 0.15) is 11.3 Å². The van der Waals surface area contributed by atoms with Crippen LogP contribution >= 0.6 is 11.3 Å². The number of hydrogen-bond donors (Lipinski definition) is 3. The van der Waals surface area contributed by atoms with Crippen molar-refractivity contribution in [3.8, 4) is 0 Å². The number of thiazole rings is 1. The van der Waals surface area contributed by atoms with E-state index in [0.29, 0.717) is 25.3 Å². The van der Waals surface area contributed by atoms with E-state index < -0.39 is 11.7 Å². The SMILES string of the molecule is Cc1ccc(CN2C[C@@H](O)[C@](O)(CNC(=O)c3cscn3)C2)cc1. The molecule has 0 bridgehead atoms. The minimum absolute atomic E-state index is 0.00504. The van der Waals surface area contributed by atoms with Crippen molar-refractivity contribution in [2.24, 2.45) is 0 Å². The van der Waals surface area contributed by atoms with Crippen LogP contribution in [0.4, 0.5) is 0 Å². The Morgan fingerprint density at radius 2 is 2.21 bits per heavy atom. The van der Waals surface area contributed by atoms with Crippen LogP contribution in [0.3, 0.4) is 0 Å². The summed E-state index contributed by atoms with van der Waals surface area (Å²) in [6, 6.07) is 8.18. The fourth-order valence-corrected chi connectivity index (χ4v) is 3.40. The maximum Gasteiger partial charge on any atom is 0.270 e. The molecule has 7 heteroatoms. The van der Waals surface area contributed by atoms with E-state index in [2.05, 4.69) is 10.3 Å². The first-order chi connectivity index (χ1) is 11.5. The van der Waals surface area contributed by atoms with Gasteiger partial charge in [-0.3, -0.25) is 9.69 Å². The fourth-order valence-electron chi connectivity index (χ4n) is 2.87. The van der Waals surface area contributed by atoms with Crippen molar-refractivity contribution in [3.05, 3.63) is 52.0 Å². The standard InChI is InChI=1S/C17H21N3O3S/c1-12-2-4-13(5-3-12)6-20-7-15(21)17(23,10-20)9-18-16(22)14-8-24-11-19-14/h2-5,8,11,15,21,23H,6-7,9-10H2,1H3,(H,18,22)/t15-,17+/m1/s1. The molecule has 1 fully saturated rings. The molecule has 1 aromatic heterocycles. The summed E-state index contributed by atoms with van der Waals surface area (Å²) in [5.74, 6) is -0.339. The number of aryl methyl sites for hydroxylation is 1. The lowest BCUT2D eigenvalue weighted by Gasteiger charge is -2.26. The molecule has 1 aromatic carbocycles. The Labute approximate surface area is 144 Å². The van der Waals surface area contributed by atoms with Crippen LogP contribution in [0.2, 0.25) is 0 Å². The highest BCUT2D eigenvalue weighted by Gasteiger charge is 2.44. The Morgan fingerprint density at radius 3 is 2.88 bits per heavy atom. The van der Waals surface area contributed by atoms with Crippen molar-refractivity contribution in [1.29, 1.82) is 0 Å². The molecule has 0 unspecified atom stereocenters. The molecule has 3 N–H and O–H groups in total. The number of aromatic nitrogens is 1. The Hall–Kier alpha value is -1.80. The first-order valence-corrected chi connectivity index (χ1v) is 8.75. The second-order valence-electron chi connectivity index (χ2n) is 6.33. The van der Waals surface area contributed by atoms with Crippen LogP contribution in [-0.2, 0) is 6.54 Å². The zero-order valence-electron chi connectivity index (χ0n) is 13.5. The maximum absolute atomic E-state index is 11.9. The molecule has 6 nitrogen and oxygen atoms in total. The highest BCUT2D eigenvalue weighted by molar-refractivity contribution is 7.07. The number of nitrogens with zero attached hydrogens (tertiary/aromatic N) is 2. The van der Waals surface area contributed by atoms with Crippen LogP contribution in [0.25, 0.3) is 0 Å². The van der Waals surface area contributed by atoms with Crippen LogP contribution in [0.15, 0.2) is 35.2 Å². The summed E-state index contributed by atoms with van der Waals surface area (Å²) in [5, 5.41) is 25.2. The molecule has 1 amide bonds. The lowest BCUT2D eigenvalue weighted by molar-refractivity contribution is -0.0377. The fraction of sp³-hybridized carbons (Fsp3) is 0.412. The van der Waals surface area contributed by atoms with Gasteiger partial charge in [-0.25, -0.2) is 4.98 Å². The monoisotopic (exact) mass is 347 g/mol. The summed E-state index contributed by atoms with van der Waals surface area (Å²) in [4.78, 5) is 17.9. The highest BCUT2D eigenvalue weighted by Crippen LogP contribution is 2.23. The number of carbonyl (C=O) groups excluding carboxylic acids is 1. The van der Waals surface area contributed by atoms with Crippen molar-refractivity contribution in [1.82, 2.24) is 15.2 Å². The van der Waals surface area contributed by atoms with Gasteiger partial charge >= 0.3 is 0 Å². The van der Waals surface area contributed by atoms with E-state index in [9.17, 15) is 15.0 Å². The number of likely N-dealkylation sites (tertiary alicyclic amines) is 1. The molecule has 2 aromatic rings. The number of benzene rings is 1. The van der Waals surface area contributed by atoms with Crippen LogP contribution < -0.4 is 5.32 Å². The second-order valence-corrected chi connectivity index (χ2v) is 7.05. The highest BCUT2D eigenvalue weighted by atomic mass is 32.1. The Bertz CT molecular complexity index is 690. The van der Waals surface area contributed by atoms with E-state index in [-0.39, 0.29) is 12.5 Å². The predicted molar refractivity (Wildman–Crippen MR) is 91.9 cm³/mol. The van der Waals surface area contributed by atoms with Gasteiger partial charge in [-0.15, -0.1) is 11.3 Å². The van der Waals surface area contributed by atoms with Crippen LogP contribution in [0.5, 0.6) is 0 Å². The van der Waals surface area contributed by atoms with Gasteiger partial charge in [-0.05, 0) is 12.5 Å². The van der Waals surface area contributed by atoms with Crippen LogP contribution in [-0.4, -0.2) is 57.3 Å². The average Bonchev–Trinajstić information content (AvgIpc) is 3.17. The molecule has 128 valence electrons. The number of aliphatic hydroxyl groups is 2. The molecule has 1 saturated heterocycles. The Morgan fingerprint density at radius 1 is 1.46 bits per heavy atom. The minimum Gasteiger partial charge on any atom is -0.389 e. The van der Waals surface area contributed by atoms with Gasteiger partial charge in [0.05, 0.1) is 18.2 Å². The normalized spacial score (nSPS) is 24.2. The number of carbonyl (C=O) groups is 1. The van der Waals surface area contributed by atoms with Crippen molar-refractivity contribution >= 4 is 17.2 Å². The van der Waals surface area contributed by atoms with Crippen molar-refractivity contribution < 1.29 is 15.0 Å². The summed E-state index contributed by atoms with van der Waals surface area (Å²) in [5.41, 5.74) is 2.88. The smallest absolute Gasteiger partial charge is 0.270 e. The quantitative estimate of drug-likeness (QED) is 0.745. The van der Waals surface area contributed by atoms with E-state index in [1.807, 2.05) is 36.1 Å². The zero-order chi connectivity index (χ0) is 17.2. The summed E-state index contributed by atoms with van der Waals surface area (Å²) >= 11 is 1.34. The molecule has 1 aliphatic heterocycles. The number of amides is 1. The predicted octanol–water partition coefficient (Wildman–Crippen LogP) is 0.789. The third-order valence-corrected chi connectivity index (χ3v) is 4.88. The summed E-state index contributed by atoms with van der Waals surface area (Å²) in [7, 11) is 0. The number of nitrogens with one attached hydrogen (secondary N) is 1. The van der Waals surface area contributed by atoms with E-state index in [0.717, 1.165) is 5.56 Å². The zero-order valence-corrected chi connectivity index (χ0v) is 14.3. The average molecular weight is 347 g/mol. The third-order valence-electron chi connectivity index (χ3n) is 4.30. The van der Waals surface area contributed by atoms with Gasteiger partial charge in [0, 0.05) is 25.0 Å². The van der Waals surface area contributed by atoms with Gasteiger partial charge < -0.3 is 15.5 Å². The van der Waals surface area contributed by atoms with Crippen molar-refractivity contribution in [2.75, 3.05) is 19.6 Å². The van der Waals surface area contributed by atoms with Crippen molar-refractivity contribution in [3.63, 3.8) is 0 Å². The Balaban J connectivity index is 1.57. The van der Waals surface area contributed by atoms with Gasteiger partial charge in [0.25, 0.3) is 5.91 Å². The lowest BCUT2D eigenvalue weighted by atomic mass is 10.0.